The number of aryl methyl sites for hydroxylation is 2. The Bertz CT molecular complexity index is 763. The number of aliphatic imine (C=N–C) groups is 1. The number of halogens is 2. The molecule has 0 radical (unpaired) electrons. The van der Waals surface area contributed by atoms with Crippen molar-refractivity contribution >= 4 is 12.0 Å². The predicted octanol–water partition coefficient (Wildman–Crippen LogP) is 5.52. The molecule has 0 spiro atoms. The van der Waals surface area contributed by atoms with Crippen molar-refractivity contribution in [3.05, 3.63) is 53.1 Å². The average Bonchev–Trinajstić information content (AvgIpc) is 2.56. The lowest BCUT2D eigenvalue weighted by Gasteiger charge is -2.24. The van der Waals surface area contributed by atoms with E-state index in [-0.39, 0.29) is 5.75 Å². The second-order valence-electron chi connectivity index (χ2n) is 6.45. The number of benzene rings is 2. The summed E-state index contributed by atoms with van der Waals surface area (Å²) in [6, 6.07) is 6.94. The first kappa shape index (κ1) is 17.4. The van der Waals surface area contributed by atoms with Crippen molar-refractivity contribution in [3.8, 4) is 11.5 Å². The van der Waals surface area contributed by atoms with E-state index < -0.39 is 11.6 Å². The zero-order valence-electron chi connectivity index (χ0n) is 14.6. The predicted molar refractivity (Wildman–Crippen MR) is 95.9 cm³/mol. The van der Waals surface area contributed by atoms with E-state index in [2.05, 4.69) is 9.89 Å². The lowest BCUT2D eigenvalue weighted by molar-refractivity contribution is 0.351. The van der Waals surface area contributed by atoms with Gasteiger partial charge in [0.15, 0.2) is 0 Å². The zero-order chi connectivity index (χ0) is 17.8. The lowest BCUT2D eigenvalue weighted by atomic mass is 10.1. The number of hydrogen-bond donors (Lipinski definition) is 0. The summed E-state index contributed by atoms with van der Waals surface area (Å²) in [4.78, 5) is 6.83. The maximum absolute atomic E-state index is 13.3. The molecule has 1 aliphatic rings. The van der Waals surface area contributed by atoms with Crippen LogP contribution in [0.4, 0.5) is 14.5 Å². The number of likely N-dealkylation sites (tertiary alicyclic amines) is 1. The van der Waals surface area contributed by atoms with Gasteiger partial charge in [0, 0.05) is 31.3 Å². The summed E-state index contributed by atoms with van der Waals surface area (Å²) in [5.74, 6) is -0.608. The van der Waals surface area contributed by atoms with Crippen LogP contribution in [0.1, 0.15) is 30.4 Å². The molecule has 0 N–H and O–H groups in total. The smallest absolute Gasteiger partial charge is 0.133 e. The van der Waals surface area contributed by atoms with Crippen molar-refractivity contribution in [2.75, 3.05) is 13.1 Å². The van der Waals surface area contributed by atoms with E-state index in [9.17, 15) is 8.78 Å². The minimum absolute atomic E-state index is 0.143. The fourth-order valence-corrected chi connectivity index (χ4v) is 2.92. The Balaban J connectivity index is 1.78. The monoisotopic (exact) mass is 344 g/mol. The van der Waals surface area contributed by atoms with Crippen molar-refractivity contribution in [1.82, 2.24) is 4.90 Å². The topological polar surface area (TPSA) is 24.8 Å². The second-order valence-corrected chi connectivity index (χ2v) is 6.45. The van der Waals surface area contributed by atoms with E-state index >= 15 is 0 Å². The highest BCUT2D eigenvalue weighted by atomic mass is 19.1. The number of nitrogens with zero attached hydrogens (tertiary/aromatic N) is 2. The molecule has 0 bridgehead atoms. The Kier molecular flexibility index (Phi) is 5.31. The van der Waals surface area contributed by atoms with Crippen LogP contribution in [0, 0.1) is 25.5 Å². The van der Waals surface area contributed by atoms with Crippen molar-refractivity contribution in [3.63, 3.8) is 0 Å². The van der Waals surface area contributed by atoms with E-state index in [4.69, 9.17) is 4.74 Å². The van der Waals surface area contributed by atoms with Gasteiger partial charge in [-0.05, 0) is 56.4 Å². The molecule has 3 rings (SSSR count). The van der Waals surface area contributed by atoms with Gasteiger partial charge < -0.3 is 9.64 Å². The second kappa shape index (κ2) is 7.64. The van der Waals surface area contributed by atoms with Crippen molar-refractivity contribution < 1.29 is 13.5 Å². The van der Waals surface area contributed by atoms with E-state index in [1.165, 1.54) is 31.4 Å². The molecule has 1 heterocycles. The Morgan fingerprint density at radius 1 is 0.920 bits per heavy atom. The summed E-state index contributed by atoms with van der Waals surface area (Å²) < 4.78 is 32.3. The summed E-state index contributed by atoms with van der Waals surface area (Å²) in [5.41, 5.74) is 2.69. The van der Waals surface area contributed by atoms with Crippen LogP contribution in [0.5, 0.6) is 11.5 Å². The molecule has 1 fully saturated rings. The maximum atomic E-state index is 13.3. The summed E-state index contributed by atoms with van der Waals surface area (Å²) >= 11 is 0. The quantitative estimate of drug-likeness (QED) is 0.539. The molecule has 0 aromatic heterocycles. The van der Waals surface area contributed by atoms with Gasteiger partial charge in [-0.15, -0.1) is 0 Å². The Morgan fingerprint density at radius 3 is 2.28 bits per heavy atom. The van der Waals surface area contributed by atoms with Crippen LogP contribution < -0.4 is 4.74 Å². The molecule has 132 valence electrons. The molecule has 0 saturated carbocycles. The van der Waals surface area contributed by atoms with Gasteiger partial charge in [-0.2, -0.15) is 0 Å². The maximum Gasteiger partial charge on any atom is 0.133 e. The van der Waals surface area contributed by atoms with Gasteiger partial charge in [0.1, 0.15) is 23.1 Å². The molecule has 0 unspecified atom stereocenters. The number of ether oxygens (including phenoxy) is 1. The average molecular weight is 344 g/mol. The lowest BCUT2D eigenvalue weighted by Crippen LogP contribution is -2.28. The molecular formula is C20H22F2N2O. The van der Waals surface area contributed by atoms with Crippen LogP contribution in [0.15, 0.2) is 35.3 Å². The van der Waals surface area contributed by atoms with E-state index in [0.29, 0.717) is 5.75 Å². The highest BCUT2D eigenvalue weighted by molar-refractivity contribution is 5.65. The van der Waals surface area contributed by atoms with E-state index in [1.807, 2.05) is 32.3 Å². The molecule has 1 aliphatic heterocycles. The molecule has 0 aliphatic carbocycles. The molecule has 2 aromatic rings. The van der Waals surface area contributed by atoms with Crippen LogP contribution in [-0.2, 0) is 0 Å². The zero-order valence-corrected chi connectivity index (χ0v) is 14.6. The molecule has 0 atom stereocenters. The highest BCUT2D eigenvalue weighted by Gasteiger charge is 2.10. The van der Waals surface area contributed by atoms with Crippen LogP contribution in [0.2, 0.25) is 0 Å². The Labute approximate surface area is 147 Å². The highest BCUT2D eigenvalue weighted by Crippen LogP contribution is 2.32. The standard InChI is InChI=1S/C20H22F2N2O/c1-14-9-20(25-18-11-16(21)10-17(22)12-18)15(2)8-19(14)23-13-24-6-4-3-5-7-24/h8-13H,3-7H2,1-2H3/b23-13+. The van der Waals surface area contributed by atoms with Gasteiger partial charge in [-0.3, -0.25) is 0 Å². The van der Waals surface area contributed by atoms with Gasteiger partial charge in [0.2, 0.25) is 0 Å². The van der Waals surface area contributed by atoms with E-state index in [0.717, 1.165) is 36.0 Å². The van der Waals surface area contributed by atoms with E-state index in [1.54, 1.807) is 0 Å². The van der Waals surface area contributed by atoms with Crippen LogP contribution in [0.3, 0.4) is 0 Å². The molecule has 5 heteroatoms. The summed E-state index contributed by atoms with van der Waals surface area (Å²) in [6.07, 6.45) is 5.61. The first-order chi connectivity index (χ1) is 12.0. The fourth-order valence-electron chi connectivity index (χ4n) is 2.92. The first-order valence-electron chi connectivity index (χ1n) is 8.55. The Hall–Kier alpha value is -2.43. The van der Waals surface area contributed by atoms with Crippen molar-refractivity contribution in [2.45, 2.75) is 33.1 Å². The third kappa shape index (κ3) is 4.56. The normalized spacial score (nSPS) is 15.0. The number of rotatable bonds is 4. The fraction of sp³-hybridized carbons (Fsp3) is 0.350. The third-order valence-corrected chi connectivity index (χ3v) is 4.31. The van der Waals surface area contributed by atoms with Crippen LogP contribution in [-0.4, -0.2) is 24.3 Å². The minimum atomic E-state index is -0.660. The molecule has 0 amide bonds. The van der Waals surface area contributed by atoms with Crippen LogP contribution >= 0.6 is 0 Å². The first-order valence-corrected chi connectivity index (χ1v) is 8.55. The molecule has 2 aromatic carbocycles. The number of piperidine rings is 1. The number of hydrogen-bond acceptors (Lipinski definition) is 2. The van der Waals surface area contributed by atoms with Gasteiger partial charge >= 0.3 is 0 Å². The van der Waals surface area contributed by atoms with Gasteiger partial charge in [-0.1, -0.05) is 0 Å². The van der Waals surface area contributed by atoms with Crippen LogP contribution in [0.25, 0.3) is 0 Å². The van der Waals surface area contributed by atoms with Gasteiger partial charge in [0.25, 0.3) is 0 Å². The largest absolute Gasteiger partial charge is 0.457 e. The Morgan fingerprint density at radius 2 is 1.60 bits per heavy atom. The van der Waals surface area contributed by atoms with Gasteiger partial charge in [-0.25, -0.2) is 13.8 Å². The molecule has 1 saturated heterocycles. The van der Waals surface area contributed by atoms with Gasteiger partial charge in [0.05, 0.1) is 12.0 Å². The van der Waals surface area contributed by atoms with Crippen molar-refractivity contribution in [1.29, 1.82) is 0 Å². The summed E-state index contributed by atoms with van der Waals surface area (Å²) in [6.45, 7) is 5.94. The summed E-state index contributed by atoms with van der Waals surface area (Å²) in [5, 5.41) is 0. The molecule has 25 heavy (non-hydrogen) atoms. The summed E-state index contributed by atoms with van der Waals surface area (Å²) in [7, 11) is 0. The van der Waals surface area contributed by atoms with Crippen molar-refractivity contribution in [2.24, 2.45) is 4.99 Å². The third-order valence-electron chi connectivity index (χ3n) is 4.31. The molecular weight excluding hydrogens is 322 g/mol. The minimum Gasteiger partial charge on any atom is -0.457 e. The molecule has 3 nitrogen and oxygen atoms in total. The SMILES string of the molecule is Cc1cc(Oc2cc(F)cc(F)c2)c(C)cc1/N=C/N1CCCCC1.